The van der Waals surface area contributed by atoms with Gasteiger partial charge in [0.15, 0.2) is 0 Å². The van der Waals surface area contributed by atoms with Crippen LogP contribution in [0.3, 0.4) is 0 Å². The van der Waals surface area contributed by atoms with Gasteiger partial charge in [0.25, 0.3) is 5.91 Å². The average molecular weight is 473 g/mol. The molecule has 1 heterocycles. The van der Waals surface area contributed by atoms with Crippen LogP contribution in [0.5, 0.6) is 5.75 Å². The van der Waals surface area contributed by atoms with Crippen LogP contribution in [0.2, 0.25) is 0 Å². The van der Waals surface area contributed by atoms with Crippen LogP contribution in [0.4, 0.5) is 0 Å². The number of benzene rings is 2. The third-order valence-corrected chi connectivity index (χ3v) is 5.58. The Kier molecular flexibility index (Phi) is 5.65. The zero-order valence-electron chi connectivity index (χ0n) is 15.3. The van der Waals surface area contributed by atoms with Crippen LogP contribution < -0.4 is 5.43 Å². The van der Waals surface area contributed by atoms with E-state index >= 15 is 0 Å². The summed E-state index contributed by atoms with van der Waals surface area (Å²) in [5.41, 5.74) is 8.38. The molecule has 0 saturated heterocycles. The molecule has 0 spiro atoms. The summed E-state index contributed by atoms with van der Waals surface area (Å²) in [5.74, 6) is -0.207. The SMILES string of the molecule is Cc1cc(-n2c(C)cc(/C=N/NC(=O)c3ccc(O)cc3)c2C)ccc1I. The Morgan fingerprint density at radius 3 is 2.48 bits per heavy atom. The van der Waals surface area contributed by atoms with E-state index in [-0.39, 0.29) is 11.7 Å². The minimum atomic E-state index is -0.326. The fourth-order valence-corrected chi connectivity index (χ4v) is 3.26. The molecule has 3 aromatic rings. The van der Waals surface area contributed by atoms with Gasteiger partial charge >= 0.3 is 0 Å². The van der Waals surface area contributed by atoms with E-state index in [9.17, 15) is 9.90 Å². The highest BCUT2D eigenvalue weighted by Gasteiger charge is 2.10. The van der Waals surface area contributed by atoms with E-state index in [2.05, 4.69) is 62.8 Å². The summed E-state index contributed by atoms with van der Waals surface area (Å²) in [6.07, 6.45) is 1.65. The molecule has 0 radical (unpaired) electrons. The highest BCUT2D eigenvalue weighted by Crippen LogP contribution is 2.22. The number of aromatic nitrogens is 1. The maximum absolute atomic E-state index is 12.1. The average Bonchev–Trinajstić information content (AvgIpc) is 2.92. The molecular weight excluding hydrogens is 453 g/mol. The van der Waals surface area contributed by atoms with E-state index in [1.807, 2.05) is 19.9 Å². The summed E-state index contributed by atoms with van der Waals surface area (Å²) in [6, 6.07) is 14.4. The second kappa shape index (κ2) is 7.96. The molecular formula is C21H20IN3O2. The standard InChI is InChI=1S/C21H20IN3O2/c1-13-10-18(6-9-20(13)22)25-14(2)11-17(15(25)3)12-23-24-21(27)16-4-7-19(26)8-5-16/h4-12,26H,1-3H3,(H,24,27)/b23-12+. The van der Waals surface area contributed by atoms with Crippen LogP contribution in [-0.4, -0.2) is 21.8 Å². The fourth-order valence-electron chi connectivity index (χ4n) is 2.92. The molecule has 138 valence electrons. The highest BCUT2D eigenvalue weighted by molar-refractivity contribution is 14.1. The summed E-state index contributed by atoms with van der Waals surface area (Å²) in [4.78, 5) is 12.1. The van der Waals surface area contributed by atoms with Crippen LogP contribution in [0.25, 0.3) is 5.69 Å². The van der Waals surface area contributed by atoms with Crippen LogP contribution in [0.1, 0.15) is 32.9 Å². The van der Waals surface area contributed by atoms with Gasteiger partial charge in [0, 0.05) is 31.8 Å². The summed E-state index contributed by atoms with van der Waals surface area (Å²) < 4.78 is 3.41. The van der Waals surface area contributed by atoms with Crippen LogP contribution in [-0.2, 0) is 0 Å². The topological polar surface area (TPSA) is 66.6 Å². The fraction of sp³-hybridized carbons (Fsp3) is 0.143. The van der Waals surface area contributed by atoms with E-state index in [1.165, 1.54) is 21.3 Å². The minimum Gasteiger partial charge on any atom is -0.508 e. The van der Waals surface area contributed by atoms with Crippen molar-refractivity contribution in [3.05, 3.63) is 80.2 Å². The Morgan fingerprint density at radius 2 is 1.81 bits per heavy atom. The molecule has 3 rings (SSSR count). The molecule has 0 atom stereocenters. The van der Waals surface area contributed by atoms with Crippen molar-refractivity contribution >= 4 is 34.7 Å². The Labute approximate surface area is 171 Å². The predicted octanol–water partition coefficient (Wildman–Crippen LogP) is 4.48. The number of aryl methyl sites for hydroxylation is 2. The number of nitrogens with zero attached hydrogens (tertiary/aromatic N) is 2. The maximum Gasteiger partial charge on any atom is 0.271 e. The van der Waals surface area contributed by atoms with Gasteiger partial charge in [0.1, 0.15) is 5.75 Å². The van der Waals surface area contributed by atoms with E-state index in [0.717, 1.165) is 22.6 Å². The van der Waals surface area contributed by atoms with Gasteiger partial charge < -0.3 is 9.67 Å². The molecule has 0 saturated carbocycles. The number of hydrogen-bond acceptors (Lipinski definition) is 3. The number of phenolic OH excluding ortho intramolecular Hbond substituents is 1. The molecule has 27 heavy (non-hydrogen) atoms. The molecule has 0 bridgehead atoms. The molecule has 0 aliphatic carbocycles. The van der Waals surface area contributed by atoms with Gasteiger partial charge in [-0.15, -0.1) is 0 Å². The number of rotatable bonds is 4. The lowest BCUT2D eigenvalue weighted by Gasteiger charge is -2.11. The third kappa shape index (κ3) is 4.21. The number of aromatic hydroxyl groups is 1. The van der Waals surface area contributed by atoms with Gasteiger partial charge in [0.2, 0.25) is 0 Å². The maximum atomic E-state index is 12.1. The van der Waals surface area contributed by atoms with Crippen LogP contribution in [0, 0.1) is 24.3 Å². The highest BCUT2D eigenvalue weighted by atomic mass is 127. The van der Waals surface area contributed by atoms with Crippen molar-refractivity contribution in [3.63, 3.8) is 0 Å². The van der Waals surface area contributed by atoms with Crippen LogP contribution in [0.15, 0.2) is 53.6 Å². The molecule has 6 heteroatoms. The quantitative estimate of drug-likeness (QED) is 0.334. The smallest absolute Gasteiger partial charge is 0.271 e. The minimum absolute atomic E-state index is 0.119. The monoisotopic (exact) mass is 473 g/mol. The summed E-state index contributed by atoms with van der Waals surface area (Å²) in [6.45, 7) is 6.18. The van der Waals surface area contributed by atoms with E-state index in [1.54, 1.807) is 18.3 Å². The molecule has 0 aliphatic rings. The number of carbonyl (C=O) groups excluding carboxylic acids is 1. The lowest BCUT2D eigenvalue weighted by atomic mass is 10.2. The predicted molar refractivity (Wildman–Crippen MR) is 116 cm³/mol. The van der Waals surface area contributed by atoms with Crippen molar-refractivity contribution < 1.29 is 9.90 Å². The Morgan fingerprint density at radius 1 is 1.11 bits per heavy atom. The number of carbonyl (C=O) groups is 1. The zero-order valence-corrected chi connectivity index (χ0v) is 17.5. The van der Waals surface area contributed by atoms with Crippen molar-refractivity contribution in [1.29, 1.82) is 0 Å². The summed E-state index contributed by atoms with van der Waals surface area (Å²) in [7, 11) is 0. The largest absolute Gasteiger partial charge is 0.508 e. The Hall–Kier alpha value is -2.61. The Balaban J connectivity index is 1.79. The van der Waals surface area contributed by atoms with E-state index in [0.29, 0.717) is 5.56 Å². The normalized spacial score (nSPS) is 11.1. The first-order valence-corrected chi connectivity index (χ1v) is 9.52. The van der Waals surface area contributed by atoms with Crippen molar-refractivity contribution in [2.24, 2.45) is 5.10 Å². The van der Waals surface area contributed by atoms with Gasteiger partial charge in [-0.05, 0) is 97.5 Å². The first-order valence-electron chi connectivity index (χ1n) is 8.44. The molecule has 5 nitrogen and oxygen atoms in total. The van der Waals surface area contributed by atoms with Gasteiger partial charge in [-0.1, -0.05) is 0 Å². The van der Waals surface area contributed by atoms with Gasteiger partial charge in [-0.25, -0.2) is 5.43 Å². The molecule has 0 unspecified atom stereocenters. The summed E-state index contributed by atoms with van der Waals surface area (Å²) in [5, 5.41) is 13.4. The second-order valence-electron chi connectivity index (χ2n) is 6.34. The Bertz CT molecular complexity index is 1020. The molecule has 1 amide bonds. The van der Waals surface area contributed by atoms with Crippen molar-refractivity contribution in [2.75, 3.05) is 0 Å². The zero-order chi connectivity index (χ0) is 19.6. The van der Waals surface area contributed by atoms with Gasteiger partial charge in [-0.3, -0.25) is 4.79 Å². The van der Waals surface area contributed by atoms with Crippen molar-refractivity contribution in [2.45, 2.75) is 20.8 Å². The van der Waals surface area contributed by atoms with Crippen molar-refractivity contribution in [3.8, 4) is 11.4 Å². The van der Waals surface area contributed by atoms with Gasteiger partial charge in [-0.2, -0.15) is 5.10 Å². The number of hydrazone groups is 1. The molecule has 2 aromatic carbocycles. The number of hydrogen-bond donors (Lipinski definition) is 2. The molecule has 0 aliphatic heterocycles. The molecule has 0 fully saturated rings. The molecule has 1 aromatic heterocycles. The summed E-state index contributed by atoms with van der Waals surface area (Å²) >= 11 is 2.33. The first-order chi connectivity index (χ1) is 12.9. The van der Waals surface area contributed by atoms with Gasteiger partial charge in [0.05, 0.1) is 6.21 Å². The number of amides is 1. The number of phenols is 1. The lowest BCUT2D eigenvalue weighted by molar-refractivity contribution is 0.0955. The van der Waals surface area contributed by atoms with E-state index < -0.39 is 0 Å². The van der Waals surface area contributed by atoms with Crippen LogP contribution >= 0.6 is 22.6 Å². The van der Waals surface area contributed by atoms with Crippen molar-refractivity contribution in [1.82, 2.24) is 9.99 Å². The first kappa shape index (κ1) is 19.2. The molecule has 2 N–H and O–H groups in total. The van der Waals surface area contributed by atoms with E-state index in [4.69, 9.17) is 0 Å². The lowest BCUT2D eigenvalue weighted by Crippen LogP contribution is -2.17. The number of nitrogens with one attached hydrogen (secondary N) is 1. The second-order valence-corrected chi connectivity index (χ2v) is 7.50. The third-order valence-electron chi connectivity index (χ3n) is 4.37. The number of halogens is 1.